The number of hydrogen-bond acceptors (Lipinski definition) is 10. The summed E-state index contributed by atoms with van der Waals surface area (Å²) in [5.74, 6) is 0. The largest absolute Gasteiger partial charge is 0.758 e. The van der Waals surface area contributed by atoms with E-state index < -0.39 is 44.4 Å². The molecule has 0 saturated carbocycles. The van der Waals surface area contributed by atoms with Crippen LogP contribution in [0.5, 0.6) is 0 Å². The van der Waals surface area contributed by atoms with Gasteiger partial charge in [-0.2, -0.15) is 6.61 Å². The van der Waals surface area contributed by atoms with Crippen molar-refractivity contribution in [3.8, 4) is 0 Å². The van der Waals surface area contributed by atoms with Crippen LogP contribution in [0.25, 0.3) is 0 Å². The maximum atomic E-state index is 12.5. The van der Waals surface area contributed by atoms with Gasteiger partial charge in [-0.05, 0) is 54.1 Å². The van der Waals surface area contributed by atoms with Crippen LogP contribution in [0.2, 0.25) is 0 Å². The fraction of sp³-hybridized carbons (Fsp3) is 0.947. The molecule has 2 fully saturated rings. The minimum absolute atomic E-state index is 0. The van der Waals surface area contributed by atoms with E-state index in [0.717, 1.165) is 6.61 Å². The zero-order valence-corrected chi connectivity index (χ0v) is 26.0. The number of aliphatic hydroxyl groups is 2. The standard InChI is InChI=1S/C19H36O10P.2W/c1-11(2)24-10-19(9-20)18(17(21)14(6)28-19)29-30(22,23)25-8-16-15(26-12(3)4)7-13(5)27-16;;/h8,11-18,20-21H,7,9-10H2,1-6H3,(H,22,23);;/q-1;;/p-1/t13-,14-,15+,16+,17?,18+,19+;;/m0../s1. The molecule has 0 amide bonds. The molecule has 10 nitrogen and oxygen atoms in total. The molecule has 2 unspecified atom stereocenters. The molecule has 0 aliphatic carbocycles. The molecule has 0 radical (unpaired) electrons. The molecule has 2 aliphatic heterocycles. The van der Waals surface area contributed by atoms with Crippen molar-refractivity contribution in [2.75, 3.05) is 13.2 Å². The fourth-order valence-corrected chi connectivity index (χ4v) is 4.51. The van der Waals surface area contributed by atoms with Gasteiger partial charge in [0.05, 0.1) is 43.7 Å². The smallest absolute Gasteiger partial charge is 0.237 e. The number of phosphoric acid groups is 1. The molecule has 2 saturated heterocycles. The van der Waals surface area contributed by atoms with Crippen LogP contribution in [0, 0.1) is 6.61 Å². The van der Waals surface area contributed by atoms with Crippen LogP contribution < -0.4 is 4.89 Å². The summed E-state index contributed by atoms with van der Waals surface area (Å²) < 4.78 is 45.2. The van der Waals surface area contributed by atoms with Crippen LogP contribution in [0.3, 0.4) is 0 Å². The van der Waals surface area contributed by atoms with Gasteiger partial charge in [-0.1, -0.05) is 0 Å². The van der Waals surface area contributed by atoms with Gasteiger partial charge in [0, 0.05) is 42.1 Å². The second-order valence-corrected chi connectivity index (χ2v) is 9.80. The molecule has 13 heteroatoms. The van der Waals surface area contributed by atoms with E-state index in [1.54, 1.807) is 20.8 Å². The zero-order valence-electron chi connectivity index (χ0n) is 19.2. The fourth-order valence-electron chi connectivity index (χ4n) is 3.59. The van der Waals surface area contributed by atoms with Crippen LogP contribution in [0.1, 0.15) is 48.0 Å². The molecule has 8 atom stereocenters. The molecule has 0 spiro atoms. The van der Waals surface area contributed by atoms with Crippen molar-refractivity contribution in [2.45, 2.75) is 102 Å². The second kappa shape index (κ2) is 14.1. The topological polar surface area (TPSA) is 136 Å². The Kier molecular flexibility index (Phi) is 14.7. The maximum Gasteiger partial charge on any atom is 0.237 e. The average molecular weight is 822 g/mol. The van der Waals surface area contributed by atoms with E-state index in [0.29, 0.717) is 6.42 Å². The first-order valence-corrected chi connectivity index (χ1v) is 11.8. The molecule has 32 heavy (non-hydrogen) atoms. The van der Waals surface area contributed by atoms with Crippen molar-refractivity contribution < 1.29 is 89.8 Å². The van der Waals surface area contributed by atoms with Crippen molar-refractivity contribution in [3.63, 3.8) is 0 Å². The minimum atomic E-state index is -4.93. The van der Waals surface area contributed by atoms with Gasteiger partial charge in [0.25, 0.3) is 0 Å². The first kappa shape index (κ1) is 33.2. The summed E-state index contributed by atoms with van der Waals surface area (Å²) in [5, 5.41) is 20.3. The Morgan fingerprint density at radius 1 is 1.22 bits per heavy atom. The summed E-state index contributed by atoms with van der Waals surface area (Å²) in [6.07, 6.45) is -4.31. The Balaban J connectivity index is 0.00000480. The second-order valence-electron chi connectivity index (χ2n) is 8.48. The number of aliphatic hydroxyl groups excluding tert-OH is 2. The van der Waals surface area contributed by atoms with Gasteiger partial charge >= 0.3 is 0 Å². The van der Waals surface area contributed by atoms with Gasteiger partial charge in [0.2, 0.25) is 7.82 Å². The normalized spacial score (nSPS) is 36.7. The Hall–Kier alpha value is 1.25. The van der Waals surface area contributed by atoms with E-state index >= 15 is 0 Å². The van der Waals surface area contributed by atoms with E-state index in [-0.39, 0.29) is 73.2 Å². The summed E-state index contributed by atoms with van der Waals surface area (Å²) in [5.41, 5.74) is -1.55. The van der Waals surface area contributed by atoms with Crippen molar-refractivity contribution in [1.82, 2.24) is 0 Å². The molecule has 0 aromatic heterocycles. The maximum absolute atomic E-state index is 12.5. The molecule has 0 bridgehead atoms. The van der Waals surface area contributed by atoms with E-state index in [2.05, 4.69) is 0 Å². The van der Waals surface area contributed by atoms with Gasteiger partial charge in [0.15, 0.2) is 0 Å². The first-order chi connectivity index (χ1) is 13.9. The van der Waals surface area contributed by atoms with Crippen LogP contribution >= 0.6 is 7.82 Å². The molecule has 2 heterocycles. The van der Waals surface area contributed by atoms with Crippen LogP contribution in [0.4, 0.5) is 0 Å². The molecule has 2 aliphatic rings. The molecule has 2 rings (SSSR count). The summed E-state index contributed by atoms with van der Waals surface area (Å²) in [7, 11) is -4.93. The van der Waals surface area contributed by atoms with Gasteiger partial charge in [0.1, 0.15) is 17.8 Å². The number of phosphoric ester groups is 1. The Labute approximate surface area is 219 Å². The predicted octanol–water partition coefficient (Wildman–Crippen LogP) is 0.920. The SMILES string of the molecule is CC(C)OC[C@@]1(CO)O[C@@H](C)C(O)[C@H]1OP(=O)([O-])O[CH-][C@H]1O[C@@H](C)C[C@H]1OC(C)C.[W].[W]. The van der Waals surface area contributed by atoms with E-state index in [9.17, 15) is 19.7 Å². The van der Waals surface area contributed by atoms with E-state index in [1.807, 2.05) is 20.8 Å². The van der Waals surface area contributed by atoms with Gasteiger partial charge in [-0.25, -0.2) is 0 Å². The van der Waals surface area contributed by atoms with E-state index in [1.165, 1.54) is 0 Å². The number of rotatable bonds is 11. The van der Waals surface area contributed by atoms with Gasteiger partial charge in [-0.15, -0.1) is 0 Å². The summed E-state index contributed by atoms with van der Waals surface area (Å²) in [6.45, 7) is 11.0. The molecule has 0 aromatic rings. The van der Waals surface area contributed by atoms with Crippen molar-refractivity contribution in [2.24, 2.45) is 0 Å². The Morgan fingerprint density at radius 2 is 1.84 bits per heavy atom. The molecular weight excluding hydrogens is 787 g/mol. The summed E-state index contributed by atoms with van der Waals surface area (Å²) in [6, 6.07) is 0. The minimum Gasteiger partial charge on any atom is -0.758 e. The third-order valence-corrected chi connectivity index (χ3v) is 5.86. The van der Waals surface area contributed by atoms with Crippen molar-refractivity contribution in [1.29, 1.82) is 0 Å². The van der Waals surface area contributed by atoms with Crippen LogP contribution in [-0.2, 0) is 74.7 Å². The monoisotopic (exact) mass is 822 g/mol. The molecule has 2 N–H and O–H groups in total. The van der Waals surface area contributed by atoms with Crippen molar-refractivity contribution >= 4 is 7.82 Å². The summed E-state index contributed by atoms with van der Waals surface area (Å²) >= 11 is 0. The predicted molar refractivity (Wildman–Crippen MR) is 104 cm³/mol. The Bertz CT molecular complexity index is 598. The van der Waals surface area contributed by atoms with Gasteiger partial charge in [-0.3, -0.25) is 4.57 Å². The van der Waals surface area contributed by atoms with Gasteiger partial charge < -0.3 is 43.1 Å². The Morgan fingerprint density at radius 3 is 2.38 bits per heavy atom. The first-order valence-electron chi connectivity index (χ1n) is 10.3. The van der Waals surface area contributed by atoms with Crippen LogP contribution in [0.15, 0.2) is 0 Å². The molecule has 0 aromatic carbocycles. The number of hydrogen-bond donors (Lipinski definition) is 2. The van der Waals surface area contributed by atoms with Crippen LogP contribution in [-0.4, -0.2) is 77.9 Å². The van der Waals surface area contributed by atoms with Crippen molar-refractivity contribution in [3.05, 3.63) is 6.61 Å². The third kappa shape index (κ3) is 9.04. The molecular formula is C19H35O10PW2-2. The quantitative estimate of drug-likeness (QED) is 0.229. The number of ether oxygens (including phenoxy) is 4. The average Bonchev–Trinajstić information content (AvgIpc) is 3.09. The zero-order chi connectivity index (χ0) is 22.7. The summed E-state index contributed by atoms with van der Waals surface area (Å²) in [4.78, 5) is 12.5. The molecule has 190 valence electrons. The van der Waals surface area contributed by atoms with E-state index in [4.69, 9.17) is 28.0 Å². The third-order valence-electron chi connectivity index (χ3n) is 4.99.